The molecule has 10 nitrogen and oxygen atoms in total. The second kappa shape index (κ2) is 8.41. The van der Waals surface area contributed by atoms with Gasteiger partial charge in [-0.25, -0.2) is 4.79 Å². The highest BCUT2D eigenvalue weighted by molar-refractivity contribution is 6.18. The predicted octanol–water partition coefficient (Wildman–Crippen LogP) is -1.63. The van der Waals surface area contributed by atoms with Crippen LogP contribution in [0.15, 0.2) is 5.29 Å². The fourth-order valence-corrected chi connectivity index (χ4v) is 1.98. The Bertz CT molecular complexity index is 360. The van der Waals surface area contributed by atoms with Crippen molar-refractivity contribution in [3.05, 3.63) is 4.91 Å². The molecule has 1 rings (SSSR count). The zero-order chi connectivity index (χ0) is 16.0. The van der Waals surface area contributed by atoms with Crippen LogP contribution in [0, 0.1) is 4.91 Å². The number of carbonyl (C=O) groups is 1. The fourth-order valence-electron chi connectivity index (χ4n) is 1.82. The van der Waals surface area contributed by atoms with Crippen LogP contribution in [0.3, 0.4) is 0 Å². The lowest BCUT2D eigenvalue weighted by Crippen LogP contribution is -2.60. The Kier molecular flexibility index (Phi) is 7.22. The molecule has 1 heterocycles. The lowest BCUT2D eigenvalue weighted by atomic mass is 9.99. The molecular formula is C10H18ClN3O7. The van der Waals surface area contributed by atoms with Crippen molar-refractivity contribution in [2.75, 3.05) is 26.1 Å². The molecule has 0 bridgehead atoms. The van der Waals surface area contributed by atoms with Crippen molar-refractivity contribution in [1.29, 1.82) is 0 Å². The Morgan fingerprint density at radius 3 is 2.57 bits per heavy atom. The van der Waals surface area contributed by atoms with Crippen molar-refractivity contribution in [2.45, 2.75) is 30.7 Å². The average Bonchev–Trinajstić information content (AvgIpc) is 2.49. The summed E-state index contributed by atoms with van der Waals surface area (Å²) in [6.45, 7) is -0.301. The molecule has 0 aliphatic carbocycles. The van der Waals surface area contributed by atoms with E-state index in [0.717, 1.165) is 0 Å². The number of nitrogens with zero attached hydrogens (tertiary/aromatic N) is 2. The zero-order valence-electron chi connectivity index (χ0n) is 11.3. The van der Waals surface area contributed by atoms with Gasteiger partial charge >= 0.3 is 6.03 Å². The minimum absolute atomic E-state index is 0.0262. The number of nitroso groups, excluding NO2 is 1. The summed E-state index contributed by atoms with van der Waals surface area (Å²) in [7, 11) is 1.26. The second-order valence-corrected chi connectivity index (χ2v) is 4.71. The Labute approximate surface area is 125 Å². The topological polar surface area (TPSA) is 141 Å². The Morgan fingerprint density at radius 2 is 2.05 bits per heavy atom. The molecule has 0 aromatic rings. The van der Waals surface area contributed by atoms with Crippen molar-refractivity contribution >= 4 is 17.6 Å². The molecule has 0 aromatic heterocycles. The van der Waals surface area contributed by atoms with E-state index in [1.807, 2.05) is 0 Å². The van der Waals surface area contributed by atoms with Gasteiger partial charge in [-0.15, -0.1) is 16.5 Å². The van der Waals surface area contributed by atoms with E-state index in [2.05, 4.69) is 10.6 Å². The highest BCUT2D eigenvalue weighted by Crippen LogP contribution is 2.21. The summed E-state index contributed by atoms with van der Waals surface area (Å²) in [6.07, 6.45) is -6.51. The van der Waals surface area contributed by atoms with Crippen LogP contribution in [0.4, 0.5) is 4.79 Å². The molecule has 1 aliphatic heterocycles. The average molecular weight is 328 g/mol. The first-order valence-electron chi connectivity index (χ1n) is 6.13. The van der Waals surface area contributed by atoms with Crippen molar-refractivity contribution in [2.24, 2.45) is 5.29 Å². The number of aliphatic hydroxyl groups is 3. The molecule has 0 spiro atoms. The molecule has 0 saturated carbocycles. The number of urea groups is 1. The van der Waals surface area contributed by atoms with Gasteiger partial charge in [-0.2, -0.15) is 5.01 Å². The highest BCUT2D eigenvalue weighted by atomic mass is 35.5. The number of halogens is 1. The van der Waals surface area contributed by atoms with Gasteiger partial charge in [0.25, 0.3) is 0 Å². The van der Waals surface area contributed by atoms with Gasteiger partial charge in [-0.05, 0) is 0 Å². The summed E-state index contributed by atoms with van der Waals surface area (Å²) in [4.78, 5) is 22.0. The van der Waals surface area contributed by atoms with Gasteiger partial charge in [0.1, 0.15) is 24.4 Å². The molecule has 122 valence electrons. The third-order valence-corrected chi connectivity index (χ3v) is 3.15. The van der Waals surface area contributed by atoms with Crippen LogP contribution >= 0.6 is 11.6 Å². The van der Waals surface area contributed by atoms with Crippen LogP contribution in [0.25, 0.3) is 0 Å². The number of amides is 2. The zero-order valence-corrected chi connectivity index (χ0v) is 12.0. The van der Waals surface area contributed by atoms with Crippen molar-refractivity contribution in [3.8, 4) is 0 Å². The lowest BCUT2D eigenvalue weighted by Gasteiger charge is -2.39. The second-order valence-electron chi connectivity index (χ2n) is 4.33. The predicted molar refractivity (Wildman–Crippen MR) is 70.3 cm³/mol. The van der Waals surface area contributed by atoms with E-state index in [1.165, 1.54) is 7.11 Å². The number of carbonyl (C=O) groups excluding carboxylic acids is 1. The molecule has 5 atom stereocenters. The molecule has 1 aliphatic rings. The molecule has 2 amide bonds. The number of alkyl halides is 1. The minimum Gasteiger partial charge on any atom is -0.388 e. The Balaban J connectivity index is 2.57. The summed E-state index contributed by atoms with van der Waals surface area (Å²) in [5.41, 5.74) is 0. The van der Waals surface area contributed by atoms with Gasteiger partial charge in [-0.1, -0.05) is 0 Å². The smallest absolute Gasteiger partial charge is 0.340 e. The number of nitrogens with one attached hydrogen (secondary N) is 1. The van der Waals surface area contributed by atoms with Gasteiger partial charge in [-0.3, -0.25) is 0 Å². The van der Waals surface area contributed by atoms with Gasteiger partial charge in [0.2, 0.25) is 0 Å². The number of methoxy groups -OCH3 is 1. The number of hydrogen-bond acceptors (Lipinski definition) is 8. The maximum atomic E-state index is 11.6. The maximum Gasteiger partial charge on any atom is 0.340 e. The molecule has 1 saturated heterocycles. The van der Waals surface area contributed by atoms with Gasteiger partial charge in [0, 0.05) is 19.5 Å². The monoisotopic (exact) mass is 327 g/mol. The van der Waals surface area contributed by atoms with E-state index in [4.69, 9.17) is 21.1 Å². The molecule has 21 heavy (non-hydrogen) atoms. The molecule has 0 radical (unpaired) electrons. The largest absolute Gasteiger partial charge is 0.388 e. The van der Waals surface area contributed by atoms with Crippen LogP contribution in [0.2, 0.25) is 0 Å². The van der Waals surface area contributed by atoms with Crippen molar-refractivity contribution in [1.82, 2.24) is 10.3 Å². The normalized spacial score (nSPS) is 32.5. The Hall–Kier alpha value is -1.04. The molecule has 1 fully saturated rings. The van der Waals surface area contributed by atoms with E-state index in [1.54, 1.807) is 0 Å². The minimum atomic E-state index is -1.49. The molecule has 11 heteroatoms. The van der Waals surface area contributed by atoms with E-state index in [0.29, 0.717) is 5.01 Å². The third-order valence-electron chi connectivity index (χ3n) is 2.98. The van der Waals surface area contributed by atoms with Crippen LogP contribution in [-0.2, 0) is 9.47 Å². The van der Waals surface area contributed by atoms with Crippen LogP contribution in [0.5, 0.6) is 0 Å². The highest BCUT2D eigenvalue weighted by Gasteiger charge is 2.43. The number of aliphatic hydroxyl groups excluding tert-OH is 3. The standard InChI is InChI=1S/C10H18ClN3O7/c1-20-9-8(17)7(16)6(15)5(21-9)4-12-10(18)14(13-19)3-2-11/h5-9,15-17H,2-4H2,1H3,(H,12,18)/t5-,6+,7+,8-,9-/m1/s1. The summed E-state index contributed by atoms with van der Waals surface area (Å²) in [6, 6.07) is -0.823. The molecular weight excluding hydrogens is 310 g/mol. The first-order valence-corrected chi connectivity index (χ1v) is 6.66. The van der Waals surface area contributed by atoms with Crippen molar-refractivity contribution in [3.63, 3.8) is 0 Å². The first-order chi connectivity index (χ1) is 9.96. The van der Waals surface area contributed by atoms with E-state index in [9.17, 15) is 25.0 Å². The van der Waals surface area contributed by atoms with Crippen LogP contribution < -0.4 is 5.32 Å². The molecule has 0 aromatic carbocycles. The van der Waals surface area contributed by atoms with Crippen molar-refractivity contribution < 1.29 is 29.6 Å². The van der Waals surface area contributed by atoms with Gasteiger partial charge in [0.15, 0.2) is 6.29 Å². The maximum absolute atomic E-state index is 11.6. The molecule has 4 N–H and O–H groups in total. The fraction of sp³-hybridized carbons (Fsp3) is 0.900. The third kappa shape index (κ3) is 4.46. The first kappa shape index (κ1) is 18.0. The van der Waals surface area contributed by atoms with Gasteiger partial charge in [0.05, 0.1) is 11.8 Å². The van der Waals surface area contributed by atoms with E-state index in [-0.39, 0.29) is 19.0 Å². The molecule has 0 unspecified atom stereocenters. The summed E-state index contributed by atoms with van der Waals surface area (Å²) in [5.74, 6) is 0.0262. The lowest BCUT2D eigenvalue weighted by molar-refractivity contribution is -0.288. The van der Waals surface area contributed by atoms with Crippen LogP contribution in [-0.4, -0.2) is 83.1 Å². The Morgan fingerprint density at radius 1 is 1.38 bits per heavy atom. The summed E-state index contributed by atoms with van der Waals surface area (Å²) in [5, 5.41) is 34.4. The quantitative estimate of drug-likeness (QED) is 0.261. The summed E-state index contributed by atoms with van der Waals surface area (Å²) >= 11 is 5.40. The number of ether oxygens (including phenoxy) is 2. The number of rotatable bonds is 6. The van der Waals surface area contributed by atoms with Gasteiger partial charge < -0.3 is 30.1 Å². The number of hydrogen-bond donors (Lipinski definition) is 4. The van der Waals surface area contributed by atoms with Crippen LogP contribution in [0.1, 0.15) is 0 Å². The van der Waals surface area contributed by atoms with E-state index >= 15 is 0 Å². The summed E-state index contributed by atoms with van der Waals surface area (Å²) < 4.78 is 10.0. The van der Waals surface area contributed by atoms with E-state index < -0.39 is 36.7 Å². The SMILES string of the molecule is CO[C@@H]1O[C@H](CNC(=O)N(CCCl)N=O)[C@H](O)[C@H](O)[C@H]1O.